The van der Waals surface area contributed by atoms with Crippen LogP contribution in [0.5, 0.6) is 5.88 Å². The van der Waals surface area contributed by atoms with E-state index in [0.29, 0.717) is 28.4 Å². The number of rotatable bonds is 8. The van der Waals surface area contributed by atoms with Gasteiger partial charge in [0, 0.05) is 43.1 Å². The van der Waals surface area contributed by atoms with E-state index in [1.54, 1.807) is 35.1 Å². The highest BCUT2D eigenvalue weighted by Crippen LogP contribution is 2.30. The van der Waals surface area contributed by atoms with Crippen LogP contribution in [0.3, 0.4) is 0 Å². The molecule has 0 bridgehead atoms. The predicted octanol–water partition coefficient (Wildman–Crippen LogP) is 6.23. The number of aryl methyl sites for hydroxylation is 1. The van der Waals surface area contributed by atoms with E-state index in [4.69, 9.17) is 9.47 Å². The second-order valence-electron chi connectivity index (χ2n) is 12.1. The number of methoxy groups -OCH3 is 1. The van der Waals surface area contributed by atoms with E-state index >= 15 is 0 Å². The number of esters is 1. The van der Waals surface area contributed by atoms with Gasteiger partial charge in [-0.15, -0.1) is 0 Å². The van der Waals surface area contributed by atoms with Crippen molar-refractivity contribution in [3.63, 3.8) is 0 Å². The Labute approximate surface area is 257 Å². The van der Waals surface area contributed by atoms with E-state index < -0.39 is 5.97 Å². The number of nitrogens with one attached hydrogen (secondary N) is 1. The number of pyridine rings is 1. The van der Waals surface area contributed by atoms with Crippen molar-refractivity contribution < 1.29 is 23.5 Å². The first-order valence-electron chi connectivity index (χ1n) is 14.7. The van der Waals surface area contributed by atoms with Crippen LogP contribution in [0.2, 0.25) is 0 Å². The third-order valence-electron chi connectivity index (χ3n) is 7.75. The number of likely N-dealkylation sites (tertiary alicyclic amines) is 1. The summed E-state index contributed by atoms with van der Waals surface area (Å²) in [6.07, 6.45) is 4.77. The van der Waals surface area contributed by atoms with Crippen LogP contribution in [-0.4, -0.2) is 57.8 Å². The highest BCUT2D eigenvalue weighted by molar-refractivity contribution is 6.08. The first-order chi connectivity index (χ1) is 21.0. The molecule has 0 saturated carbocycles. The molecule has 9 nitrogen and oxygen atoms in total. The predicted molar refractivity (Wildman–Crippen MR) is 166 cm³/mol. The van der Waals surface area contributed by atoms with Gasteiger partial charge in [-0.1, -0.05) is 6.07 Å². The fourth-order valence-corrected chi connectivity index (χ4v) is 5.31. The summed E-state index contributed by atoms with van der Waals surface area (Å²) in [6.45, 7) is 10.6. The van der Waals surface area contributed by atoms with Crippen LogP contribution in [0.1, 0.15) is 65.5 Å². The molecule has 3 heterocycles. The highest BCUT2D eigenvalue weighted by Gasteiger charge is 2.26. The van der Waals surface area contributed by atoms with Gasteiger partial charge >= 0.3 is 5.97 Å². The summed E-state index contributed by atoms with van der Waals surface area (Å²) < 4.78 is 26.3. The molecule has 0 spiro atoms. The van der Waals surface area contributed by atoms with E-state index in [1.807, 2.05) is 39.0 Å². The molecule has 2 aromatic heterocycles. The number of nitrogens with zero attached hydrogens (tertiary/aromatic N) is 4. The average molecular weight is 600 g/mol. The lowest BCUT2D eigenvalue weighted by Gasteiger charge is -2.32. The van der Waals surface area contributed by atoms with Gasteiger partial charge in [0.15, 0.2) is 0 Å². The Bertz CT molecular complexity index is 1620. The normalized spacial score (nSPS) is 14.3. The smallest absolute Gasteiger partial charge is 0.339 e. The Morgan fingerprint density at radius 2 is 1.75 bits per heavy atom. The van der Waals surface area contributed by atoms with E-state index in [9.17, 15) is 14.0 Å². The summed E-state index contributed by atoms with van der Waals surface area (Å²) >= 11 is 0. The lowest BCUT2D eigenvalue weighted by molar-refractivity contribution is 0.0599. The zero-order valence-corrected chi connectivity index (χ0v) is 25.8. The van der Waals surface area contributed by atoms with Crippen LogP contribution in [-0.2, 0) is 16.8 Å². The summed E-state index contributed by atoms with van der Waals surface area (Å²) in [5.41, 5.74) is 4.75. The van der Waals surface area contributed by atoms with Crippen molar-refractivity contribution in [2.45, 2.75) is 58.7 Å². The highest BCUT2D eigenvalue weighted by atomic mass is 19.1. The van der Waals surface area contributed by atoms with Crippen molar-refractivity contribution in [1.82, 2.24) is 19.7 Å². The molecule has 230 valence electrons. The SMILES string of the molecule is COC(=O)c1ccc(OC2CCN(Cc3cc(NC(=O)c4cnn(C(C)(C)C)c4-c4ccc(F)cc4)ccc3C)CC2)nc1. The molecule has 0 unspecified atom stereocenters. The fourth-order valence-electron chi connectivity index (χ4n) is 5.31. The van der Waals surface area contributed by atoms with Crippen LogP contribution >= 0.6 is 0 Å². The number of ether oxygens (including phenoxy) is 2. The first-order valence-corrected chi connectivity index (χ1v) is 14.7. The minimum Gasteiger partial charge on any atom is -0.474 e. The third kappa shape index (κ3) is 7.14. The first kappa shape index (κ1) is 30.9. The molecule has 44 heavy (non-hydrogen) atoms. The van der Waals surface area contributed by atoms with Gasteiger partial charge in [0.1, 0.15) is 11.9 Å². The molecule has 0 radical (unpaired) electrons. The summed E-state index contributed by atoms with van der Waals surface area (Å²) in [5, 5.41) is 7.58. The minimum absolute atomic E-state index is 0.0405. The number of benzene rings is 2. The second-order valence-corrected chi connectivity index (χ2v) is 12.1. The Balaban J connectivity index is 1.23. The van der Waals surface area contributed by atoms with Crippen molar-refractivity contribution in [1.29, 1.82) is 0 Å². The van der Waals surface area contributed by atoms with Gasteiger partial charge in [0.05, 0.1) is 35.7 Å². The molecule has 10 heteroatoms. The number of amides is 1. The van der Waals surface area contributed by atoms with Crippen molar-refractivity contribution in [2.24, 2.45) is 0 Å². The Hall–Kier alpha value is -4.57. The van der Waals surface area contributed by atoms with Crippen LogP contribution in [0.4, 0.5) is 10.1 Å². The Morgan fingerprint density at radius 1 is 1.02 bits per heavy atom. The molecule has 1 fully saturated rings. The minimum atomic E-state index is -0.428. The molecule has 4 aromatic rings. The van der Waals surface area contributed by atoms with Gasteiger partial charge in [-0.2, -0.15) is 5.10 Å². The maximum atomic E-state index is 13.7. The number of anilines is 1. The molecule has 2 aromatic carbocycles. The van der Waals surface area contributed by atoms with Crippen molar-refractivity contribution in [2.75, 3.05) is 25.5 Å². The number of carbonyl (C=O) groups excluding carboxylic acids is 2. The number of hydrogen-bond acceptors (Lipinski definition) is 7. The van der Waals surface area contributed by atoms with Gasteiger partial charge in [0.25, 0.3) is 5.91 Å². The zero-order chi connectivity index (χ0) is 31.4. The van der Waals surface area contributed by atoms with Gasteiger partial charge in [-0.3, -0.25) is 14.4 Å². The van der Waals surface area contributed by atoms with Crippen LogP contribution in [0, 0.1) is 12.7 Å². The maximum Gasteiger partial charge on any atom is 0.339 e. The molecule has 1 saturated heterocycles. The Morgan fingerprint density at radius 3 is 2.39 bits per heavy atom. The van der Waals surface area contributed by atoms with Crippen molar-refractivity contribution >= 4 is 17.6 Å². The zero-order valence-electron chi connectivity index (χ0n) is 25.8. The number of hydrogen-bond donors (Lipinski definition) is 1. The molecule has 0 aliphatic carbocycles. The third-order valence-corrected chi connectivity index (χ3v) is 7.75. The standard InChI is InChI=1S/C34H38FN5O4/c1-22-6-12-27(38-32(41)29-20-37-40(34(2,3)4)31(29)23-7-10-26(35)11-8-23)18-25(22)21-39-16-14-28(15-17-39)44-30-13-9-24(19-36-30)33(42)43-5/h6-13,18-20,28H,14-17,21H2,1-5H3,(H,38,41). The average Bonchev–Trinajstić information content (AvgIpc) is 3.47. The quantitative estimate of drug-likeness (QED) is 0.240. The van der Waals surface area contributed by atoms with Gasteiger partial charge in [0.2, 0.25) is 5.88 Å². The van der Waals surface area contributed by atoms with E-state index in [2.05, 4.69) is 27.2 Å². The summed E-state index contributed by atoms with van der Waals surface area (Å²) in [5.74, 6) is -0.552. The lowest BCUT2D eigenvalue weighted by atomic mass is 10.0. The molecule has 1 aliphatic rings. The molecule has 5 rings (SSSR count). The number of halogens is 1. The molecular formula is C34H38FN5O4. The summed E-state index contributed by atoms with van der Waals surface area (Å²) in [7, 11) is 1.34. The maximum absolute atomic E-state index is 13.7. The van der Waals surface area contributed by atoms with Gasteiger partial charge < -0.3 is 14.8 Å². The fraction of sp³-hybridized carbons (Fsp3) is 0.353. The van der Waals surface area contributed by atoms with Crippen LogP contribution in [0.25, 0.3) is 11.3 Å². The number of piperidine rings is 1. The topological polar surface area (TPSA) is 98.6 Å². The molecule has 1 amide bonds. The van der Waals surface area contributed by atoms with Gasteiger partial charge in [-0.05, 0) is 94.1 Å². The van der Waals surface area contributed by atoms with E-state index in [-0.39, 0.29) is 23.4 Å². The monoisotopic (exact) mass is 599 g/mol. The summed E-state index contributed by atoms with van der Waals surface area (Å²) in [6, 6.07) is 15.4. The summed E-state index contributed by atoms with van der Waals surface area (Å²) in [4.78, 5) is 31.8. The number of carbonyl (C=O) groups is 2. The lowest BCUT2D eigenvalue weighted by Crippen LogP contribution is -2.38. The largest absolute Gasteiger partial charge is 0.474 e. The van der Waals surface area contributed by atoms with Crippen LogP contribution < -0.4 is 10.1 Å². The molecule has 1 aliphatic heterocycles. The molecular weight excluding hydrogens is 561 g/mol. The van der Waals surface area contributed by atoms with Gasteiger partial charge in [-0.25, -0.2) is 14.2 Å². The van der Waals surface area contributed by atoms with Crippen molar-refractivity contribution in [3.05, 3.63) is 95.1 Å². The molecule has 1 N–H and O–H groups in total. The van der Waals surface area contributed by atoms with E-state index in [0.717, 1.165) is 49.2 Å². The molecule has 0 atom stereocenters. The van der Waals surface area contributed by atoms with Crippen molar-refractivity contribution in [3.8, 4) is 17.1 Å². The van der Waals surface area contributed by atoms with E-state index in [1.165, 1.54) is 25.4 Å². The second kappa shape index (κ2) is 13.0. The van der Waals surface area contributed by atoms with Crippen LogP contribution in [0.15, 0.2) is 67.0 Å². The Kier molecular flexibility index (Phi) is 9.10. The number of aromatic nitrogens is 3.